The first-order valence-corrected chi connectivity index (χ1v) is 3.95. The summed E-state index contributed by atoms with van der Waals surface area (Å²) >= 11 is 0. The van der Waals surface area contributed by atoms with Crippen LogP contribution in [0, 0.1) is 11.9 Å². The van der Waals surface area contributed by atoms with Crippen LogP contribution in [0.15, 0.2) is 42.6 Å². The van der Waals surface area contributed by atoms with Crippen molar-refractivity contribution in [2.24, 2.45) is 0 Å². The van der Waals surface area contributed by atoms with E-state index in [4.69, 9.17) is 0 Å². The average molecular weight is 172 g/mol. The second kappa shape index (κ2) is 3.35. The van der Waals surface area contributed by atoms with Crippen molar-refractivity contribution in [3.63, 3.8) is 0 Å². The maximum Gasteiger partial charge on any atom is 0.132 e. The van der Waals surface area contributed by atoms with Crippen LogP contribution in [0.1, 0.15) is 0 Å². The molecule has 0 N–H and O–H groups in total. The standard InChI is InChI=1S/C11H7FN/c12-10-6-2-1-5-9(10)11-7-3-4-8-13-11/h1-6,8H. The molecule has 2 rings (SSSR count). The minimum Gasteiger partial charge on any atom is -0.255 e. The van der Waals surface area contributed by atoms with Gasteiger partial charge in [0.05, 0.1) is 5.69 Å². The van der Waals surface area contributed by atoms with Gasteiger partial charge >= 0.3 is 0 Å². The highest BCUT2D eigenvalue weighted by Gasteiger charge is 2.03. The summed E-state index contributed by atoms with van der Waals surface area (Å²) in [5.41, 5.74) is 1.03. The third-order valence-corrected chi connectivity index (χ3v) is 1.73. The molecule has 0 aliphatic carbocycles. The molecule has 0 unspecified atom stereocenters. The molecule has 0 saturated heterocycles. The molecular formula is C11H7FN. The Bertz CT molecular complexity index is 398. The molecule has 0 fully saturated rings. The van der Waals surface area contributed by atoms with Crippen molar-refractivity contribution in [3.05, 3.63) is 54.5 Å². The molecule has 0 aliphatic heterocycles. The predicted molar refractivity (Wildman–Crippen MR) is 48.5 cm³/mol. The van der Waals surface area contributed by atoms with E-state index in [0.29, 0.717) is 11.3 Å². The van der Waals surface area contributed by atoms with Gasteiger partial charge in [-0.1, -0.05) is 18.2 Å². The van der Waals surface area contributed by atoms with E-state index in [1.165, 1.54) is 6.07 Å². The lowest BCUT2D eigenvalue weighted by molar-refractivity contribution is 0.630. The Morgan fingerprint density at radius 3 is 2.69 bits per heavy atom. The molecule has 2 heteroatoms. The third kappa shape index (κ3) is 1.56. The fourth-order valence-corrected chi connectivity index (χ4v) is 1.13. The van der Waals surface area contributed by atoms with Gasteiger partial charge in [-0.25, -0.2) is 4.39 Å². The predicted octanol–water partition coefficient (Wildman–Crippen LogP) is 2.69. The van der Waals surface area contributed by atoms with Gasteiger partial charge in [-0.3, -0.25) is 4.98 Å². The number of pyridine rings is 1. The molecule has 0 atom stereocenters. The molecule has 13 heavy (non-hydrogen) atoms. The van der Waals surface area contributed by atoms with Crippen LogP contribution in [-0.4, -0.2) is 4.98 Å². The monoisotopic (exact) mass is 172 g/mol. The van der Waals surface area contributed by atoms with Crippen molar-refractivity contribution in [1.82, 2.24) is 4.98 Å². The molecule has 63 valence electrons. The number of hydrogen-bond donors (Lipinski definition) is 0. The maximum absolute atomic E-state index is 13.2. The third-order valence-electron chi connectivity index (χ3n) is 1.73. The van der Waals surface area contributed by atoms with E-state index >= 15 is 0 Å². The highest BCUT2D eigenvalue weighted by molar-refractivity contribution is 5.58. The normalized spacial score (nSPS) is 9.92. The van der Waals surface area contributed by atoms with Gasteiger partial charge in [0.25, 0.3) is 0 Å². The first kappa shape index (κ1) is 7.92. The zero-order valence-electron chi connectivity index (χ0n) is 6.87. The summed E-state index contributed by atoms with van der Waals surface area (Å²) in [4.78, 5) is 4.01. The fourth-order valence-electron chi connectivity index (χ4n) is 1.13. The first-order chi connectivity index (χ1) is 6.38. The number of rotatable bonds is 1. The summed E-state index contributed by atoms with van der Waals surface area (Å²) in [6, 6.07) is 12.9. The topological polar surface area (TPSA) is 12.9 Å². The molecule has 0 bridgehead atoms. The molecular weight excluding hydrogens is 165 g/mol. The molecule has 0 aliphatic rings. The Labute approximate surface area is 75.9 Å². The van der Waals surface area contributed by atoms with Crippen LogP contribution >= 0.6 is 0 Å². The second-order valence-corrected chi connectivity index (χ2v) is 2.61. The van der Waals surface area contributed by atoms with E-state index in [-0.39, 0.29) is 5.82 Å². The van der Waals surface area contributed by atoms with E-state index in [2.05, 4.69) is 11.1 Å². The van der Waals surface area contributed by atoms with Gasteiger partial charge in [-0.15, -0.1) is 0 Å². The minimum absolute atomic E-state index is 0.266. The molecule has 1 aromatic carbocycles. The number of aromatic nitrogens is 1. The van der Waals surface area contributed by atoms with Crippen LogP contribution in [-0.2, 0) is 0 Å². The summed E-state index contributed by atoms with van der Waals surface area (Å²) in [6.45, 7) is 0. The van der Waals surface area contributed by atoms with E-state index < -0.39 is 0 Å². The summed E-state index contributed by atoms with van der Waals surface area (Å²) in [6.07, 6.45) is 1.62. The van der Waals surface area contributed by atoms with Crippen molar-refractivity contribution >= 4 is 0 Å². The molecule has 0 spiro atoms. The Balaban J connectivity index is 2.54. The number of halogens is 1. The van der Waals surface area contributed by atoms with E-state index in [0.717, 1.165) is 0 Å². The Morgan fingerprint density at radius 1 is 1.15 bits per heavy atom. The lowest BCUT2D eigenvalue weighted by atomic mass is 10.1. The molecule has 0 amide bonds. The molecule has 1 nitrogen and oxygen atoms in total. The van der Waals surface area contributed by atoms with Gasteiger partial charge in [0.15, 0.2) is 0 Å². The molecule has 2 aromatic rings. The lowest BCUT2D eigenvalue weighted by Crippen LogP contribution is -1.85. The Hall–Kier alpha value is -1.70. The molecule has 1 radical (unpaired) electrons. The molecule has 1 aromatic heterocycles. The molecule has 1 heterocycles. The van der Waals surface area contributed by atoms with Crippen LogP contribution in [0.2, 0.25) is 0 Å². The maximum atomic E-state index is 13.2. The number of nitrogens with zero attached hydrogens (tertiary/aromatic N) is 1. The van der Waals surface area contributed by atoms with E-state index in [1.54, 1.807) is 36.5 Å². The van der Waals surface area contributed by atoms with Gasteiger partial charge in [0, 0.05) is 17.8 Å². The van der Waals surface area contributed by atoms with E-state index in [1.807, 2.05) is 0 Å². The van der Waals surface area contributed by atoms with Crippen LogP contribution in [0.3, 0.4) is 0 Å². The van der Waals surface area contributed by atoms with Gasteiger partial charge in [-0.05, 0) is 18.2 Å². The minimum atomic E-state index is -0.266. The summed E-state index contributed by atoms with van der Waals surface area (Å²) < 4.78 is 13.2. The lowest BCUT2D eigenvalue weighted by Gasteiger charge is -1.99. The quantitative estimate of drug-likeness (QED) is 0.644. The SMILES string of the molecule is Fc1ccccc1-c1[c]cccn1. The van der Waals surface area contributed by atoms with Gasteiger partial charge in [0.1, 0.15) is 5.82 Å². The smallest absolute Gasteiger partial charge is 0.132 e. The average Bonchev–Trinajstić information content (AvgIpc) is 2.20. The van der Waals surface area contributed by atoms with Gasteiger partial charge in [0.2, 0.25) is 0 Å². The van der Waals surface area contributed by atoms with E-state index in [9.17, 15) is 4.39 Å². The van der Waals surface area contributed by atoms with Crippen LogP contribution < -0.4 is 0 Å². The van der Waals surface area contributed by atoms with Crippen molar-refractivity contribution in [2.45, 2.75) is 0 Å². The fraction of sp³-hybridized carbons (Fsp3) is 0. The van der Waals surface area contributed by atoms with Gasteiger partial charge in [-0.2, -0.15) is 0 Å². The largest absolute Gasteiger partial charge is 0.255 e. The zero-order valence-corrected chi connectivity index (χ0v) is 6.87. The number of benzene rings is 1. The van der Waals surface area contributed by atoms with Gasteiger partial charge < -0.3 is 0 Å². The molecule has 0 saturated carbocycles. The Kier molecular flexibility index (Phi) is 2.04. The first-order valence-electron chi connectivity index (χ1n) is 3.95. The van der Waals surface area contributed by atoms with Crippen molar-refractivity contribution in [3.8, 4) is 11.3 Å². The summed E-state index contributed by atoms with van der Waals surface area (Å²) in [5.74, 6) is -0.266. The van der Waals surface area contributed by atoms with Crippen molar-refractivity contribution in [2.75, 3.05) is 0 Å². The highest BCUT2D eigenvalue weighted by atomic mass is 19.1. The Morgan fingerprint density at radius 2 is 2.00 bits per heavy atom. The number of hydrogen-bond acceptors (Lipinski definition) is 1. The van der Waals surface area contributed by atoms with Crippen LogP contribution in [0.4, 0.5) is 4.39 Å². The highest BCUT2D eigenvalue weighted by Crippen LogP contribution is 2.18. The summed E-state index contributed by atoms with van der Waals surface area (Å²) in [7, 11) is 0. The summed E-state index contributed by atoms with van der Waals surface area (Å²) in [5, 5.41) is 0. The zero-order chi connectivity index (χ0) is 9.10. The van der Waals surface area contributed by atoms with Crippen LogP contribution in [0.25, 0.3) is 11.3 Å². The van der Waals surface area contributed by atoms with Crippen molar-refractivity contribution < 1.29 is 4.39 Å². The van der Waals surface area contributed by atoms with Crippen molar-refractivity contribution in [1.29, 1.82) is 0 Å². The second-order valence-electron chi connectivity index (χ2n) is 2.61. The van der Waals surface area contributed by atoms with Crippen LogP contribution in [0.5, 0.6) is 0 Å².